The minimum absolute atomic E-state index is 0.0385. The van der Waals surface area contributed by atoms with Crippen molar-refractivity contribution in [2.24, 2.45) is 0 Å². The zero-order chi connectivity index (χ0) is 14.9. The van der Waals surface area contributed by atoms with Gasteiger partial charge in [-0.2, -0.15) is 0 Å². The van der Waals surface area contributed by atoms with E-state index in [0.29, 0.717) is 12.1 Å². The molecule has 6 nitrogen and oxygen atoms in total. The van der Waals surface area contributed by atoms with Crippen LogP contribution in [0, 0.1) is 17.0 Å². The molecule has 0 unspecified atom stereocenters. The molecule has 1 heterocycles. The Morgan fingerprint density at radius 2 is 2.15 bits per heavy atom. The second-order valence-electron chi connectivity index (χ2n) is 5.35. The number of nitrogen functional groups attached to an aromatic ring is 1. The highest BCUT2D eigenvalue weighted by Gasteiger charge is 2.28. The molecule has 108 valence electrons. The first kappa shape index (κ1) is 14.3. The van der Waals surface area contributed by atoms with Gasteiger partial charge in [-0.3, -0.25) is 14.9 Å². The van der Waals surface area contributed by atoms with E-state index in [9.17, 15) is 14.9 Å². The van der Waals surface area contributed by atoms with Gasteiger partial charge in [-0.05, 0) is 44.7 Å². The van der Waals surface area contributed by atoms with Crippen molar-refractivity contribution < 1.29 is 9.72 Å². The van der Waals surface area contributed by atoms with E-state index in [0.717, 1.165) is 19.3 Å². The zero-order valence-electron chi connectivity index (χ0n) is 11.8. The van der Waals surface area contributed by atoms with Crippen LogP contribution in [0.1, 0.15) is 42.1 Å². The van der Waals surface area contributed by atoms with Crippen molar-refractivity contribution in [1.82, 2.24) is 4.90 Å². The molecule has 1 atom stereocenters. The molecule has 20 heavy (non-hydrogen) atoms. The highest BCUT2D eigenvalue weighted by Crippen LogP contribution is 2.29. The van der Waals surface area contributed by atoms with Crippen molar-refractivity contribution in [3.63, 3.8) is 0 Å². The van der Waals surface area contributed by atoms with E-state index >= 15 is 0 Å². The lowest BCUT2D eigenvalue weighted by molar-refractivity contribution is -0.384. The SMILES string of the molecule is Cc1cc(C(=O)N2CCCC[C@H]2C)c(N)c([N+](=O)[O-])c1. The van der Waals surface area contributed by atoms with Crippen LogP contribution in [0.2, 0.25) is 0 Å². The fourth-order valence-electron chi connectivity index (χ4n) is 2.66. The topological polar surface area (TPSA) is 89.5 Å². The number of hydrogen-bond donors (Lipinski definition) is 1. The molecule has 1 aliphatic heterocycles. The third-order valence-corrected chi connectivity index (χ3v) is 3.79. The fourth-order valence-corrected chi connectivity index (χ4v) is 2.66. The number of carbonyl (C=O) groups is 1. The first-order valence-electron chi connectivity index (χ1n) is 6.77. The standard InChI is InChI=1S/C14H19N3O3/c1-9-7-11(13(15)12(8-9)17(19)20)14(18)16-6-4-3-5-10(16)2/h7-8,10H,3-6,15H2,1-2H3/t10-/m1/s1. The Bertz CT molecular complexity index is 557. The summed E-state index contributed by atoms with van der Waals surface area (Å²) in [7, 11) is 0. The van der Waals surface area contributed by atoms with E-state index in [1.807, 2.05) is 6.92 Å². The van der Waals surface area contributed by atoms with Gasteiger partial charge in [0, 0.05) is 18.7 Å². The fraction of sp³-hybridized carbons (Fsp3) is 0.500. The van der Waals surface area contributed by atoms with Gasteiger partial charge < -0.3 is 10.6 Å². The first-order valence-corrected chi connectivity index (χ1v) is 6.77. The van der Waals surface area contributed by atoms with Gasteiger partial charge in [-0.15, -0.1) is 0 Å². The number of carbonyl (C=O) groups excluding carboxylic acids is 1. The number of aryl methyl sites for hydroxylation is 1. The van der Waals surface area contributed by atoms with Gasteiger partial charge >= 0.3 is 0 Å². The number of rotatable bonds is 2. The molecule has 0 saturated carbocycles. The summed E-state index contributed by atoms with van der Waals surface area (Å²) >= 11 is 0. The summed E-state index contributed by atoms with van der Waals surface area (Å²) in [4.78, 5) is 24.8. The van der Waals surface area contributed by atoms with Gasteiger partial charge in [-0.25, -0.2) is 0 Å². The van der Waals surface area contributed by atoms with Crippen LogP contribution in [0.25, 0.3) is 0 Å². The molecule has 1 aromatic rings. The molecule has 0 bridgehead atoms. The van der Waals surface area contributed by atoms with Crippen molar-refractivity contribution in [2.75, 3.05) is 12.3 Å². The molecule has 0 spiro atoms. The number of nitrogens with two attached hydrogens (primary N) is 1. The number of amides is 1. The maximum atomic E-state index is 12.6. The minimum atomic E-state index is -0.543. The summed E-state index contributed by atoms with van der Waals surface area (Å²) < 4.78 is 0. The normalized spacial score (nSPS) is 18.9. The summed E-state index contributed by atoms with van der Waals surface area (Å²) in [5.41, 5.74) is 6.49. The van der Waals surface area contributed by atoms with Crippen LogP contribution in [-0.2, 0) is 0 Å². The minimum Gasteiger partial charge on any atom is -0.393 e. The number of nitro groups is 1. The van der Waals surface area contributed by atoms with Crippen LogP contribution in [0.4, 0.5) is 11.4 Å². The lowest BCUT2D eigenvalue weighted by Gasteiger charge is -2.33. The summed E-state index contributed by atoms with van der Waals surface area (Å²) in [5.74, 6) is -0.207. The summed E-state index contributed by atoms with van der Waals surface area (Å²) in [5, 5.41) is 11.0. The third-order valence-electron chi connectivity index (χ3n) is 3.79. The van der Waals surface area contributed by atoms with Gasteiger partial charge in [0.25, 0.3) is 11.6 Å². The Kier molecular flexibility index (Phi) is 3.92. The van der Waals surface area contributed by atoms with Gasteiger partial charge in [0.15, 0.2) is 0 Å². The molecule has 1 amide bonds. The van der Waals surface area contributed by atoms with Crippen LogP contribution >= 0.6 is 0 Å². The quantitative estimate of drug-likeness (QED) is 0.511. The number of benzene rings is 1. The maximum Gasteiger partial charge on any atom is 0.293 e. The number of nitrogens with zero attached hydrogens (tertiary/aromatic N) is 2. The smallest absolute Gasteiger partial charge is 0.293 e. The summed E-state index contributed by atoms with van der Waals surface area (Å²) in [6.45, 7) is 4.40. The van der Waals surface area contributed by atoms with Crippen LogP contribution in [0.3, 0.4) is 0 Å². The second-order valence-corrected chi connectivity index (χ2v) is 5.35. The molecule has 0 aromatic heterocycles. The molecule has 1 aromatic carbocycles. The van der Waals surface area contributed by atoms with Crippen molar-refractivity contribution in [3.8, 4) is 0 Å². The molecule has 1 aliphatic rings. The Labute approximate surface area is 117 Å². The Morgan fingerprint density at radius 1 is 1.45 bits per heavy atom. The van der Waals surface area contributed by atoms with Crippen molar-refractivity contribution in [2.45, 2.75) is 39.2 Å². The Morgan fingerprint density at radius 3 is 2.75 bits per heavy atom. The monoisotopic (exact) mass is 277 g/mol. The molecule has 0 aliphatic carbocycles. The number of nitro benzene ring substituents is 1. The third kappa shape index (κ3) is 2.59. The van der Waals surface area contributed by atoms with Gasteiger partial charge in [-0.1, -0.05) is 0 Å². The Hall–Kier alpha value is -2.11. The lowest BCUT2D eigenvalue weighted by atomic mass is 10.0. The van der Waals surface area contributed by atoms with Gasteiger partial charge in [0.2, 0.25) is 0 Å². The molecular weight excluding hydrogens is 258 g/mol. The molecule has 2 rings (SSSR count). The number of hydrogen-bond acceptors (Lipinski definition) is 4. The first-order chi connectivity index (χ1) is 9.41. The zero-order valence-corrected chi connectivity index (χ0v) is 11.8. The number of likely N-dealkylation sites (tertiary alicyclic amines) is 1. The largest absolute Gasteiger partial charge is 0.393 e. The number of piperidine rings is 1. The highest BCUT2D eigenvalue weighted by atomic mass is 16.6. The Balaban J connectivity index is 2.41. The van der Waals surface area contributed by atoms with E-state index in [4.69, 9.17) is 5.73 Å². The van der Waals surface area contributed by atoms with Crippen LogP contribution in [-0.4, -0.2) is 28.3 Å². The van der Waals surface area contributed by atoms with Crippen LogP contribution < -0.4 is 5.73 Å². The molecule has 1 fully saturated rings. The van der Waals surface area contributed by atoms with Crippen molar-refractivity contribution in [3.05, 3.63) is 33.4 Å². The molecule has 6 heteroatoms. The van der Waals surface area contributed by atoms with E-state index < -0.39 is 4.92 Å². The molecule has 0 radical (unpaired) electrons. The van der Waals surface area contributed by atoms with Crippen LogP contribution in [0.15, 0.2) is 12.1 Å². The van der Waals surface area contributed by atoms with Crippen LogP contribution in [0.5, 0.6) is 0 Å². The number of anilines is 1. The molecular formula is C14H19N3O3. The second kappa shape index (κ2) is 5.48. The average molecular weight is 277 g/mol. The summed E-state index contributed by atoms with van der Waals surface area (Å²) in [6, 6.07) is 3.17. The van der Waals surface area contributed by atoms with Crippen molar-refractivity contribution >= 4 is 17.3 Å². The predicted molar refractivity (Wildman–Crippen MR) is 76.6 cm³/mol. The lowest BCUT2D eigenvalue weighted by Crippen LogP contribution is -2.42. The molecule has 1 saturated heterocycles. The average Bonchev–Trinajstić information content (AvgIpc) is 2.40. The van der Waals surface area contributed by atoms with Crippen molar-refractivity contribution in [1.29, 1.82) is 0 Å². The predicted octanol–water partition coefficient (Wildman–Crippen LogP) is 2.50. The van der Waals surface area contributed by atoms with Gasteiger partial charge in [0.05, 0.1) is 10.5 Å². The summed E-state index contributed by atoms with van der Waals surface area (Å²) in [6.07, 6.45) is 3.03. The van der Waals surface area contributed by atoms with E-state index in [-0.39, 0.29) is 28.9 Å². The van der Waals surface area contributed by atoms with Gasteiger partial charge in [0.1, 0.15) is 5.69 Å². The van der Waals surface area contributed by atoms with E-state index in [2.05, 4.69) is 0 Å². The molecule has 2 N–H and O–H groups in total. The highest BCUT2D eigenvalue weighted by molar-refractivity contribution is 6.01. The van der Waals surface area contributed by atoms with E-state index in [1.165, 1.54) is 6.07 Å². The van der Waals surface area contributed by atoms with E-state index in [1.54, 1.807) is 17.9 Å². The maximum absolute atomic E-state index is 12.6.